The lowest BCUT2D eigenvalue weighted by Crippen LogP contribution is -2.05. The lowest BCUT2D eigenvalue weighted by Gasteiger charge is -1.98. The summed E-state index contributed by atoms with van der Waals surface area (Å²) in [5.41, 5.74) is 2.01. The number of esters is 1. The van der Waals surface area contributed by atoms with Gasteiger partial charge in [0, 0.05) is 13.6 Å². The first-order valence-corrected chi connectivity index (χ1v) is 8.03. The summed E-state index contributed by atoms with van der Waals surface area (Å²) in [6, 6.07) is 15.3. The van der Waals surface area contributed by atoms with Crippen LogP contribution in [0.2, 0.25) is 0 Å². The molecular weight excluding hydrogens is 445 g/mol. The minimum absolute atomic E-state index is 0.314. The third-order valence-corrected chi connectivity index (χ3v) is 4.13. The summed E-state index contributed by atoms with van der Waals surface area (Å²) < 4.78 is 7.33. The van der Waals surface area contributed by atoms with E-state index < -0.39 is 5.97 Å². The number of carbonyl (C=O) groups is 1. The summed E-state index contributed by atoms with van der Waals surface area (Å²) in [7, 11) is 0. The van der Waals surface area contributed by atoms with E-state index in [0.29, 0.717) is 11.6 Å². The van der Waals surface area contributed by atoms with Gasteiger partial charge in [-0.1, -0.05) is 28.1 Å². The van der Waals surface area contributed by atoms with E-state index in [1.54, 1.807) is 6.08 Å². The first kappa shape index (κ1) is 14.5. The predicted molar refractivity (Wildman–Crippen MR) is 93.9 cm³/mol. The van der Waals surface area contributed by atoms with Crippen molar-refractivity contribution in [3.05, 3.63) is 73.4 Å². The third kappa shape index (κ3) is 3.41. The van der Waals surface area contributed by atoms with Gasteiger partial charge in [-0.25, -0.2) is 9.79 Å². The van der Waals surface area contributed by atoms with Crippen LogP contribution in [-0.4, -0.2) is 11.9 Å². The van der Waals surface area contributed by atoms with E-state index in [4.69, 9.17) is 4.74 Å². The molecule has 2 aromatic rings. The minimum atomic E-state index is -0.425. The zero-order valence-electron chi connectivity index (χ0n) is 10.7. The van der Waals surface area contributed by atoms with E-state index in [2.05, 4.69) is 43.5 Å². The van der Waals surface area contributed by atoms with Crippen molar-refractivity contribution < 1.29 is 9.53 Å². The van der Waals surface area contributed by atoms with E-state index >= 15 is 0 Å². The van der Waals surface area contributed by atoms with Crippen molar-refractivity contribution in [3.63, 3.8) is 0 Å². The Morgan fingerprint density at radius 1 is 1.05 bits per heavy atom. The van der Waals surface area contributed by atoms with Crippen molar-refractivity contribution in [1.29, 1.82) is 0 Å². The molecule has 1 heterocycles. The fraction of sp³-hybridized carbons (Fsp3) is 0. The molecule has 1 aliphatic heterocycles. The number of hydrogen-bond donors (Lipinski definition) is 0. The zero-order chi connectivity index (χ0) is 14.8. The molecule has 0 fully saturated rings. The largest absolute Gasteiger partial charge is 0.402 e. The van der Waals surface area contributed by atoms with Crippen molar-refractivity contribution in [3.8, 4) is 0 Å². The second-order valence-corrected chi connectivity index (χ2v) is 6.56. The molecule has 0 spiro atoms. The van der Waals surface area contributed by atoms with Gasteiger partial charge in [0.25, 0.3) is 0 Å². The highest BCUT2D eigenvalue weighted by Gasteiger charge is 2.23. The molecule has 0 aliphatic carbocycles. The Hall–Kier alpha value is -1.47. The fourth-order valence-electron chi connectivity index (χ4n) is 1.84. The number of cyclic esters (lactones) is 1. The molecule has 1 aliphatic rings. The monoisotopic (exact) mass is 453 g/mol. The maximum atomic E-state index is 11.9. The maximum absolute atomic E-state index is 11.9. The average Bonchev–Trinajstić information content (AvgIpc) is 2.83. The van der Waals surface area contributed by atoms with Gasteiger partial charge in [0.05, 0.1) is 0 Å². The Balaban J connectivity index is 1.91. The number of halogens is 2. The van der Waals surface area contributed by atoms with Crippen LogP contribution in [0, 0.1) is 3.57 Å². The standard InChI is InChI=1S/C16H9BrINO2/c17-12-5-3-11(4-6-12)15-19-14(16(20)21-15)9-10-1-7-13(18)8-2-10/h1-9H/b14-9-. The summed E-state index contributed by atoms with van der Waals surface area (Å²) in [6.45, 7) is 0. The maximum Gasteiger partial charge on any atom is 0.363 e. The van der Waals surface area contributed by atoms with Crippen molar-refractivity contribution in [2.45, 2.75) is 0 Å². The summed E-state index contributed by atoms with van der Waals surface area (Å²) in [5, 5.41) is 0. The normalized spacial score (nSPS) is 16.0. The summed E-state index contributed by atoms with van der Waals surface area (Å²) in [4.78, 5) is 16.2. The molecule has 2 aromatic carbocycles. The molecule has 21 heavy (non-hydrogen) atoms. The van der Waals surface area contributed by atoms with E-state index in [9.17, 15) is 4.79 Å². The summed E-state index contributed by atoms with van der Waals surface area (Å²) >= 11 is 5.60. The van der Waals surface area contributed by atoms with Gasteiger partial charge in [-0.2, -0.15) is 0 Å². The van der Waals surface area contributed by atoms with Crippen LogP contribution in [0.15, 0.2) is 63.7 Å². The molecule has 3 rings (SSSR count). The molecular formula is C16H9BrINO2. The van der Waals surface area contributed by atoms with Crippen molar-refractivity contribution >= 4 is 56.5 Å². The molecule has 0 amide bonds. The number of hydrogen-bond acceptors (Lipinski definition) is 3. The average molecular weight is 454 g/mol. The quantitative estimate of drug-likeness (QED) is 0.384. The number of aliphatic imine (C=N–C) groups is 1. The Morgan fingerprint density at radius 2 is 1.71 bits per heavy atom. The number of ether oxygens (including phenoxy) is 1. The van der Waals surface area contributed by atoms with Crippen molar-refractivity contribution in [2.24, 2.45) is 4.99 Å². The van der Waals surface area contributed by atoms with Crippen LogP contribution < -0.4 is 0 Å². The van der Waals surface area contributed by atoms with Crippen LogP contribution in [-0.2, 0) is 9.53 Å². The predicted octanol–water partition coefficient (Wildman–Crippen LogP) is 4.40. The fourth-order valence-corrected chi connectivity index (χ4v) is 2.47. The van der Waals surface area contributed by atoms with Crippen molar-refractivity contribution in [1.82, 2.24) is 0 Å². The van der Waals surface area contributed by atoms with E-state index in [-0.39, 0.29) is 0 Å². The summed E-state index contributed by atoms with van der Waals surface area (Å²) in [5.74, 6) is -0.0873. The lowest BCUT2D eigenvalue weighted by molar-refractivity contribution is -0.129. The van der Waals surface area contributed by atoms with Gasteiger partial charge in [0.15, 0.2) is 5.70 Å². The molecule has 0 radical (unpaired) electrons. The molecule has 0 saturated carbocycles. The van der Waals surface area contributed by atoms with Crippen LogP contribution in [0.3, 0.4) is 0 Å². The van der Waals surface area contributed by atoms with E-state index in [0.717, 1.165) is 19.2 Å². The molecule has 0 bridgehead atoms. The van der Waals surface area contributed by atoms with Gasteiger partial charge in [0.2, 0.25) is 5.90 Å². The zero-order valence-corrected chi connectivity index (χ0v) is 14.5. The number of nitrogens with zero attached hydrogens (tertiary/aromatic N) is 1. The second kappa shape index (κ2) is 6.11. The van der Waals surface area contributed by atoms with Crippen LogP contribution in [0.4, 0.5) is 0 Å². The highest BCUT2D eigenvalue weighted by Crippen LogP contribution is 2.20. The highest BCUT2D eigenvalue weighted by atomic mass is 127. The van der Waals surface area contributed by atoms with Crippen LogP contribution in [0.5, 0.6) is 0 Å². The number of benzene rings is 2. The van der Waals surface area contributed by atoms with E-state index in [1.807, 2.05) is 48.5 Å². The topological polar surface area (TPSA) is 38.7 Å². The molecule has 0 saturated heterocycles. The van der Waals surface area contributed by atoms with Gasteiger partial charge in [0.1, 0.15) is 0 Å². The van der Waals surface area contributed by atoms with E-state index in [1.165, 1.54) is 0 Å². The van der Waals surface area contributed by atoms with Gasteiger partial charge in [-0.05, 0) is 70.6 Å². The van der Waals surface area contributed by atoms with Crippen LogP contribution in [0.1, 0.15) is 11.1 Å². The second-order valence-electron chi connectivity index (χ2n) is 4.39. The Labute approximate surface area is 144 Å². The SMILES string of the molecule is O=C1OC(c2ccc(Br)cc2)=N/C1=C\c1ccc(I)cc1. The number of rotatable bonds is 2. The molecule has 3 nitrogen and oxygen atoms in total. The minimum Gasteiger partial charge on any atom is -0.402 e. The van der Waals surface area contributed by atoms with Gasteiger partial charge in [-0.15, -0.1) is 0 Å². The Kier molecular flexibility index (Phi) is 4.21. The first-order valence-electron chi connectivity index (χ1n) is 6.16. The first-order chi connectivity index (χ1) is 10.1. The lowest BCUT2D eigenvalue weighted by atomic mass is 10.2. The smallest absolute Gasteiger partial charge is 0.363 e. The molecule has 104 valence electrons. The third-order valence-electron chi connectivity index (χ3n) is 2.89. The molecule has 0 N–H and O–H groups in total. The van der Waals surface area contributed by atoms with Crippen LogP contribution in [0.25, 0.3) is 6.08 Å². The molecule has 0 aromatic heterocycles. The summed E-state index contributed by atoms with van der Waals surface area (Å²) in [6.07, 6.45) is 1.73. The molecule has 0 unspecified atom stereocenters. The number of carbonyl (C=O) groups excluding carboxylic acids is 1. The molecule has 0 atom stereocenters. The van der Waals surface area contributed by atoms with Gasteiger partial charge < -0.3 is 4.74 Å². The highest BCUT2D eigenvalue weighted by molar-refractivity contribution is 14.1. The molecule has 5 heteroatoms. The Morgan fingerprint density at radius 3 is 2.38 bits per heavy atom. The van der Waals surface area contributed by atoms with Crippen molar-refractivity contribution in [2.75, 3.05) is 0 Å². The van der Waals surface area contributed by atoms with Crippen LogP contribution >= 0.6 is 38.5 Å². The van der Waals surface area contributed by atoms with Gasteiger partial charge >= 0.3 is 5.97 Å². The Bertz CT molecular complexity index is 749. The van der Waals surface area contributed by atoms with Gasteiger partial charge in [-0.3, -0.25) is 0 Å².